The molecule has 190 valence electrons. The van der Waals surface area contributed by atoms with E-state index in [2.05, 4.69) is 17.2 Å². The van der Waals surface area contributed by atoms with Crippen LogP contribution in [-0.2, 0) is 32.3 Å². The topological polar surface area (TPSA) is 120 Å². The smallest absolute Gasteiger partial charge is 0.306 e. The third kappa shape index (κ3) is 6.98. The summed E-state index contributed by atoms with van der Waals surface area (Å²) in [5.41, 5.74) is 5.15. The third-order valence-electron chi connectivity index (χ3n) is 5.62. The van der Waals surface area contributed by atoms with Gasteiger partial charge in [0.05, 0.1) is 37.4 Å². The van der Waals surface area contributed by atoms with Gasteiger partial charge in [-0.3, -0.25) is 19.1 Å². The van der Waals surface area contributed by atoms with Gasteiger partial charge >= 0.3 is 11.9 Å². The Kier molecular flexibility index (Phi) is 8.21. The van der Waals surface area contributed by atoms with Crippen molar-refractivity contribution in [1.82, 2.24) is 9.78 Å². The SMILES string of the molecule is CC(=O)Nc1ccc2c(c1)OCc1cc(-c3ccccc3C#CCCCOC(=O)CCC(=O)O)nn1C2. The summed E-state index contributed by atoms with van der Waals surface area (Å²) in [5, 5.41) is 16.2. The van der Waals surface area contributed by atoms with Gasteiger partial charge in [-0.15, -0.1) is 0 Å². The highest BCUT2D eigenvalue weighted by atomic mass is 16.5. The van der Waals surface area contributed by atoms with Gasteiger partial charge in [0.15, 0.2) is 0 Å². The minimum Gasteiger partial charge on any atom is -0.487 e. The number of hydrogen-bond acceptors (Lipinski definition) is 6. The van der Waals surface area contributed by atoms with Crippen LogP contribution in [0, 0.1) is 11.8 Å². The van der Waals surface area contributed by atoms with E-state index in [-0.39, 0.29) is 25.4 Å². The van der Waals surface area contributed by atoms with Crippen molar-refractivity contribution >= 4 is 23.5 Å². The van der Waals surface area contributed by atoms with Gasteiger partial charge in [0.1, 0.15) is 12.4 Å². The van der Waals surface area contributed by atoms with Gasteiger partial charge in [0.25, 0.3) is 0 Å². The summed E-state index contributed by atoms with van der Waals surface area (Å²) >= 11 is 0. The van der Waals surface area contributed by atoms with Gasteiger partial charge < -0.3 is 19.9 Å². The fraction of sp³-hybridized carbons (Fsp3) is 0.286. The number of nitrogens with zero attached hydrogens (tertiary/aromatic N) is 2. The predicted molar refractivity (Wildman–Crippen MR) is 136 cm³/mol. The average Bonchev–Trinajstić information content (AvgIpc) is 3.19. The largest absolute Gasteiger partial charge is 0.487 e. The second kappa shape index (κ2) is 11.9. The summed E-state index contributed by atoms with van der Waals surface area (Å²) < 4.78 is 13.0. The first-order chi connectivity index (χ1) is 17.9. The highest BCUT2D eigenvalue weighted by Gasteiger charge is 2.18. The Bertz CT molecular complexity index is 1380. The van der Waals surface area contributed by atoms with E-state index in [0.717, 1.165) is 33.8 Å². The van der Waals surface area contributed by atoms with E-state index >= 15 is 0 Å². The first kappa shape index (κ1) is 25.5. The maximum atomic E-state index is 11.5. The zero-order valence-electron chi connectivity index (χ0n) is 20.5. The van der Waals surface area contributed by atoms with Crippen LogP contribution in [0.25, 0.3) is 11.3 Å². The predicted octanol–water partition coefficient (Wildman–Crippen LogP) is 3.99. The highest BCUT2D eigenvalue weighted by molar-refractivity contribution is 5.89. The normalized spacial score (nSPS) is 11.6. The van der Waals surface area contributed by atoms with E-state index in [4.69, 9.17) is 19.7 Å². The molecule has 3 aromatic rings. The lowest BCUT2D eigenvalue weighted by molar-refractivity contribution is -0.147. The van der Waals surface area contributed by atoms with Crippen molar-refractivity contribution in [2.45, 2.75) is 45.8 Å². The molecule has 1 aliphatic heterocycles. The minimum atomic E-state index is -1.02. The van der Waals surface area contributed by atoms with E-state index in [9.17, 15) is 14.4 Å². The Balaban J connectivity index is 1.40. The summed E-state index contributed by atoms with van der Waals surface area (Å²) in [5.74, 6) is 5.35. The number of amides is 1. The van der Waals surface area contributed by atoms with Crippen molar-refractivity contribution in [3.05, 3.63) is 65.4 Å². The summed E-state index contributed by atoms with van der Waals surface area (Å²) in [7, 11) is 0. The molecule has 0 saturated carbocycles. The van der Waals surface area contributed by atoms with E-state index < -0.39 is 11.9 Å². The van der Waals surface area contributed by atoms with Crippen LogP contribution in [0.1, 0.15) is 49.4 Å². The Hall–Kier alpha value is -4.58. The standard InChI is InChI=1S/C28H27N3O6/c1-19(32)29-22-11-10-21-17-31-23(18-37-26(21)15-22)16-25(30-31)24-9-5-4-8-20(24)7-3-2-6-14-36-28(35)13-12-27(33)34/h4-5,8-11,15-16H,2,6,12-14,17-18H2,1H3,(H,29,32)(H,33,34). The summed E-state index contributed by atoms with van der Waals surface area (Å²) in [6, 6.07) is 15.4. The number of rotatable bonds is 8. The van der Waals surface area contributed by atoms with Crippen LogP contribution in [0.3, 0.4) is 0 Å². The number of nitrogens with one attached hydrogen (secondary N) is 1. The Labute approximate surface area is 214 Å². The van der Waals surface area contributed by atoms with Crippen LogP contribution in [0.4, 0.5) is 5.69 Å². The number of aromatic nitrogens is 2. The van der Waals surface area contributed by atoms with Crippen LogP contribution in [-0.4, -0.2) is 39.3 Å². The molecule has 1 aliphatic rings. The number of esters is 1. The molecular weight excluding hydrogens is 474 g/mol. The minimum absolute atomic E-state index is 0.127. The Morgan fingerprint density at radius 2 is 2.00 bits per heavy atom. The first-order valence-corrected chi connectivity index (χ1v) is 11.9. The van der Waals surface area contributed by atoms with E-state index in [1.165, 1.54) is 6.92 Å². The quantitative estimate of drug-likeness (QED) is 0.272. The van der Waals surface area contributed by atoms with Crippen molar-refractivity contribution in [1.29, 1.82) is 0 Å². The molecule has 0 atom stereocenters. The van der Waals surface area contributed by atoms with Crippen molar-refractivity contribution in [3.8, 4) is 28.8 Å². The van der Waals surface area contributed by atoms with Crippen LogP contribution in [0.5, 0.6) is 5.75 Å². The summed E-state index contributed by atoms with van der Waals surface area (Å²) in [6.07, 6.45) is 0.737. The van der Waals surface area contributed by atoms with Crippen molar-refractivity contribution in [3.63, 3.8) is 0 Å². The molecule has 0 saturated heterocycles. The van der Waals surface area contributed by atoms with Gasteiger partial charge in [0.2, 0.25) is 5.91 Å². The van der Waals surface area contributed by atoms with Crippen molar-refractivity contribution in [2.75, 3.05) is 11.9 Å². The molecule has 2 aromatic carbocycles. The average molecular weight is 502 g/mol. The lowest BCUT2D eigenvalue weighted by atomic mass is 10.0. The maximum Gasteiger partial charge on any atom is 0.306 e. The summed E-state index contributed by atoms with van der Waals surface area (Å²) in [4.78, 5) is 33.3. The number of ether oxygens (including phenoxy) is 2. The Morgan fingerprint density at radius 1 is 1.16 bits per heavy atom. The van der Waals surface area contributed by atoms with E-state index in [1.54, 1.807) is 0 Å². The monoisotopic (exact) mass is 501 g/mol. The van der Waals surface area contributed by atoms with Gasteiger partial charge in [-0.05, 0) is 24.6 Å². The lowest BCUT2D eigenvalue weighted by Gasteiger charge is -2.09. The lowest BCUT2D eigenvalue weighted by Crippen LogP contribution is -2.08. The maximum absolute atomic E-state index is 11.5. The first-order valence-electron chi connectivity index (χ1n) is 11.9. The number of carbonyl (C=O) groups excluding carboxylic acids is 2. The molecule has 1 aromatic heterocycles. The number of carboxylic acids is 1. The third-order valence-corrected chi connectivity index (χ3v) is 5.62. The molecule has 2 N–H and O–H groups in total. The molecule has 0 bridgehead atoms. The zero-order chi connectivity index (χ0) is 26.2. The number of carbonyl (C=O) groups is 3. The molecule has 0 fully saturated rings. The number of benzene rings is 2. The molecule has 0 aliphatic carbocycles. The van der Waals surface area contributed by atoms with E-state index in [0.29, 0.717) is 31.7 Å². The molecule has 0 radical (unpaired) electrons. The second-order valence-electron chi connectivity index (χ2n) is 8.54. The fourth-order valence-electron chi connectivity index (χ4n) is 3.85. The molecular formula is C28H27N3O6. The number of hydrogen-bond donors (Lipinski definition) is 2. The fourth-order valence-corrected chi connectivity index (χ4v) is 3.85. The van der Waals surface area contributed by atoms with Gasteiger partial charge in [-0.2, -0.15) is 5.10 Å². The van der Waals surface area contributed by atoms with Crippen LogP contribution in [0.2, 0.25) is 0 Å². The molecule has 9 heteroatoms. The molecule has 37 heavy (non-hydrogen) atoms. The number of carboxylic acid groups (broad SMARTS) is 1. The molecule has 9 nitrogen and oxygen atoms in total. The number of fused-ring (bicyclic) bond motifs is 2. The van der Waals surface area contributed by atoms with E-state index in [1.807, 2.05) is 53.2 Å². The number of unbranched alkanes of at least 4 members (excludes halogenated alkanes) is 1. The van der Waals surface area contributed by atoms with Crippen LogP contribution in [0.15, 0.2) is 48.5 Å². The van der Waals surface area contributed by atoms with Crippen molar-refractivity contribution < 1.29 is 29.0 Å². The van der Waals surface area contributed by atoms with Crippen LogP contribution < -0.4 is 10.1 Å². The number of anilines is 1. The number of aliphatic carboxylic acids is 1. The zero-order valence-corrected chi connectivity index (χ0v) is 20.5. The van der Waals surface area contributed by atoms with Crippen molar-refractivity contribution in [2.24, 2.45) is 0 Å². The highest BCUT2D eigenvalue weighted by Crippen LogP contribution is 2.30. The van der Waals surface area contributed by atoms with Gasteiger partial charge in [0, 0.05) is 41.8 Å². The molecule has 0 spiro atoms. The van der Waals surface area contributed by atoms with Gasteiger partial charge in [-0.25, -0.2) is 0 Å². The molecule has 2 heterocycles. The Morgan fingerprint density at radius 3 is 2.81 bits per heavy atom. The molecule has 4 rings (SSSR count). The summed E-state index contributed by atoms with van der Waals surface area (Å²) in [6.45, 7) is 2.57. The van der Waals surface area contributed by atoms with Gasteiger partial charge in [-0.1, -0.05) is 36.1 Å². The van der Waals surface area contributed by atoms with Crippen LogP contribution >= 0.6 is 0 Å². The molecule has 0 unspecified atom stereocenters. The second-order valence-corrected chi connectivity index (χ2v) is 8.54. The molecule has 1 amide bonds.